The minimum absolute atomic E-state index is 0.0755. The summed E-state index contributed by atoms with van der Waals surface area (Å²) in [6.07, 6.45) is 0.896. The molecule has 0 saturated heterocycles. The fourth-order valence-electron chi connectivity index (χ4n) is 2.82. The molecule has 1 atom stereocenters. The quantitative estimate of drug-likeness (QED) is 0.629. The highest BCUT2D eigenvalue weighted by atomic mass is 35.5. The average Bonchev–Trinajstić information content (AvgIpc) is 2.65. The number of hydrogen-bond acceptors (Lipinski definition) is 2. The normalized spacial score (nSPS) is 12.2. The van der Waals surface area contributed by atoms with Crippen molar-refractivity contribution in [1.29, 1.82) is 0 Å². The number of fused-ring (bicyclic) bond motifs is 1. The molecule has 1 heterocycles. The summed E-state index contributed by atoms with van der Waals surface area (Å²) in [5, 5.41) is 2.59. The zero-order chi connectivity index (χ0) is 18.0. The summed E-state index contributed by atoms with van der Waals surface area (Å²) < 4.78 is 0. The molecule has 0 aliphatic carbocycles. The first-order chi connectivity index (χ1) is 12.0. The summed E-state index contributed by atoms with van der Waals surface area (Å²) in [7, 11) is 1.82. The molecule has 1 amide bonds. The average molecular weight is 351 g/mol. The van der Waals surface area contributed by atoms with Gasteiger partial charge in [-0.1, -0.05) is 61.0 Å². The molecule has 0 saturated carbocycles. The van der Waals surface area contributed by atoms with Crippen LogP contribution in [0, 0.1) is 0 Å². The lowest BCUT2D eigenvalue weighted by molar-refractivity contribution is 0.0735. The van der Waals surface area contributed by atoms with Crippen LogP contribution in [0.4, 0.5) is 0 Å². The Morgan fingerprint density at radius 3 is 2.56 bits per heavy atom. The molecule has 4 heteroatoms. The minimum Gasteiger partial charge on any atom is -0.338 e. The number of rotatable bonds is 4. The lowest BCUT2D eigenvalue weighted by atomic mass is 9.73. The Labute approximate surface area is 153 Å². The lowest BCUT2D eigenvalue weighted by Gasteiger charge is -2.24. The molecule has 25 heavy (non-hydrogen) atoms. The van der Waals surface area contributed by atoms with Crippen molar-refractivity contribution < 1.29 is 4.79 Å². The van der Waals surface area contributed by atoms with Crippen molar-refractivity contribution in [2.45, 2.75) is 26.3 Å². The molecule has 0 spiro atoms. The van der Waals surface area contributed by atoms with Crippen LogP contribution in [-0.4, -0.2) is 28.9 Å². The van der Waals surface area contributed by atoms with Gasteiger partial charge in [-0.15, -0.1) is 0 Å². The molecule has 2 aromatic carbocycles. The van der Waals surface area contributed by atoms with Gasteiger partial charge in [0.05, 0.1) is 5.69 Å². The molecule has 0 fully saturated rings. The van der Waals surface area contributed by atoms with Gasteiger partial charge in [0.2, 0.25) is 0 Å². The smallest absolute Gasteiger partial charge is 0.272 e. The number of pyridine rings is 1. The van der Waals surface area contributed by atoms with Gasteiger partial charge in [-0.2, -0.15) is 0 Å². The molecule has 0 bridgehead atoms. The van der Waals surface area contributed by atoms with Gasteiger partial charge in [0.25, 0.3) is 5.91 Å². The zero-order valence-corrected chi connectivity index (χ0v) is 15.4. The molecule has 3 rings (SSSR count). The second-order valence-corrected chi connectivity index (χ2v) is 6.64. The van der Waals surface area contributed by atoms with Crippen LogP contribution in [-0.2, 0) is 0 Å². The molecule has 1 aromatic heterocycles. The van der Waals surface area contributed by atoms with Crippen LogP contribution in [0.3, 0.4) is 0 Å². The first-order valence-electron chi connectivity index (χ1n) is 8.44. The van der Waals surface area contributed by atoms with Gasteiger partial charge in [0, 0.05) is 29.1 Å². The third kappa shape index (κ3) is 3.38. The van der Waals surface area contributed by atoms with E-state index in [2.05, 4.69) is 6.92 Å². The Morgan fingerprint density at radius 2 is 1.84 bits per heavy atom. The van der Waals surface area contributed by atoms with Crippen LogP contribution < -0.4 is 0 Å². The van der Waals surface area contributed by atoms with Crippen molar-refractivity contribution in [3.8, 4) is 11.3 Å². The molecule has 128 valence electrons. The third-order valence-electron chi connectivity index (χ3n) is 4.66. The highest BCUT2D eigenvalue weighted by molar-refractivity contribution is 6.33. The second kappa shape index (κ2) is 7.24. The molecule has 0 radical (unpaired) electrons. The van der Waals surface area contributed by atoms with Crippen LogP contribution >= 0.6 is 11.6 Å². The Morgan fingerprint density at radius 1 is 1.16 bits per heavy atom. The van der Waals surface area contributed by atoms with Crippen molar-refractivity contribution in [1.82, 2.24) is 9.88 Å². The molecule has 3 nitrogen and oxygen atoms in total. The van der Waals surface area contributed by atoms with Crippen LogP contribution in [0.5, 0.6) is 0 Å². The summed E-state index contributed by atoms with van der Waals surface area (Å²) in [6.45, 7) is 4.10. The fraction of sp³-hybridized carbons (Fsp3) is 0.238. The van der Waals surface area contributed by atoms with E-state index in [1.54, 1.807) is 4.90 Å². The molecule has 0 N–H and O–H groups in total. The van der Waals surface area contributed by atoms with Gasteiger partial charge >= 0.3 is 0 Å². The number of carbonyl (C=O) groups is 1. The van der Waals surface area contributed by atoms with Crippen LogP contribution in [0.15, 0.2) is 54.6 Å². The van der Waals surface area contributed by atoms with Gasteiger partial charge in [0.15, 0.2) is 0 Å². The van der Waals surface area contributed by atoms with E-state index in [1.165, 1.54) is 0 Å². The molecule has 0 aliphatic heterocycles. The van der Waals surface area contributed by atoms with Crippen molar-refractivity contribution in [3.63, 3.8) is 0 Å². The number of carbonyl (C=O) groups excluding carboxylic acids is 1. The maximum atomic E-state index is 12.9. The van der Waals surface area contributed by atoms with Gasteiger partial charge in [-0.05, 0) is 30.9 Å². The number of halogens is 1. The van der Waals surface area contributed by atoms with Gasteiger partial charge in [-0.3, -0.25) is 4.79 Å². The Balaban J connectivity index is 2.20. The first kappa shape index (κ1) is 17.4. The monoisotopic (exact) mass is 350 g/mol. The maximum Gasteiger partial charge on any atom is 0.272 e. The van der Waals surface area contributed by atoms with Crippen LogP contribution in [0.1, 0.15) is 30.8 Å². The van der Waals surface area contributed by atoms with E-state index in [9.17, 15) is 4.79 Å². The van der Waals surface area contributed by atoms with E-state index in [4.69, 9.17) is 16.6 Å². The topological polar surface area (TPSA) is 33.2 Å². The van der Waals surface area contributed by atoms with Gasteiger partial charge in [-0.25, -0.2) is 4.98 Å². The molecule has 1 unspecified atom stereocenters. The molecule has 0 aliphatic rings. The van der Waals surface area contributed by atoms with Gasteiger partial charge in [0.1, 0.15) is 5.69 Å². The predicted octanol–water partition coefficient (Wildman–Crippen LogP) is 5.43. The molecular weight excluding hydrogens is 330 g/mol. The molecular formula is C21H21ClN2O. The summed E-state index contributed by atoms with van der Waals surface area (Å²) in [5.41, 5.74) is 2.02. The summed E-state index contributed by atoms with van der Waals surface area (Å²) in [4.78, 5) is 19.3. The van der Waals surface area contributed by atoms with E-state index in [0.717, 1.165) is 28.5 Å². The lowest BCUT2D eigenvalue weighted by Crippen LogP contribution is -2.35. The highest BCUT2D eigenvalue weighted by Gasteiger charge is 2.20. The first-order valence-corrected chi connectivity index (χ1v) is 8.82. The van der Waals surface area contributed by atoms with E-state index in [0.29, 0.717) is 10.7 Å². The Kier molecular flexibility index (Phi) is 5.05. The van der Waals surface area contributed by atoms with E-state index >= 15 is 0 Å². The van der Waals surface area contributed by atoms with Crippen LogP contribution in [0.25, 0.3) is 22.0 Å². The number of benzene rings is 2. The zero-order valence-electron chi connectivity index (χ0n) is 14.7. The maximum absolute atomic E-state index is 12.9. The number of amides is 1. The van der Waals surface area contributed by atoms with Gasteiger partial charge < -0.3 is 4.90 Å². The van der Waals surface area contributed by atoms with Crippen molar-refractivity contribution >= 4 is 28.3 Å². The third-order valence-corrected chi connectivity index (χ3v) is 4.99. The summed E-state index contributed by atoms with van der Waals surface area (Å²) in [5.74, 6) is -0.0755. The number of nitrogens with zero attached hydrogens (tertiary/aromatic N) is 2. The Bertz CT molecular complexity index is 923. The van der Waals surface area contributed by atoms with E-state index in [1.807, 2.05) is 68.6 Å². The predicted molar refractivity (Wildman–Crippen MR) is 104 cm³/mol. The summed E-state index contributed by atoms with van der Waals surface area (Å²) in [6, 6.07) is 17.5. The molecule has 3 aromatic rings. The van der Waals surface area contributed by atoms with E-state index < -0.39 is 0 Å². The SMILES string of the molecule is CCC(C)N(C)[11C](=O)c1c[11c]2ccccc2c(-c2ccccc2Cl)n1. The van der Waals surface area contributed by atoms with Crippen LogP contribution in [0.2, 0.25) is 5.02 Å². The van der Waals surface area contributed by atoms with Crippen molar-refractivity contribution in [2.24, 2.45) is 0 Å². The van der Waals surface area contributed by atoms with E-state index in [-0.39, 0.29) is 11.9 Å². The largest absolute Gasteiger partial charge is 0.338 e. The second-order valence-electron chi connectivity index (χ2n) is 6.23. The summed E-state index contributed by atoms with van der Waals surface area (Å²) >= 11 is 6.39. The minimum atomic E-state index is -0.0755. The van der Waals surface area contributed by atoms with Crippen molar-refractivity contribution in [3.05, 3.63) is 65.3 Å². The Hall–Kier alpha value is -2.39. The number of aromatic nitrogens is 1. The fourth-order valence-corrected chi connectivity index (χ4v) is 3.05. The highest BCUT2D eigenvalue weighted by Crippen LogP contribution is 2.32. The standard InChI is InChI=1S/C21H21ClN2O/c1-4-14(2)24(3)21(25)19-13-15-9-5-6-10-16(15)20(23-19)17-11-7-8-12-18(17)22/h5-14H,4H2,1-3H3/i15-1,21-1. The number of hydrogen-bond donors (Lipinski definition) is 0. The van der Waals surface area contributed by atoms with Crippen molar-refractivity contribution in [2.75, 3.05) is 7.05 Å².